The SMILES string of the molecule is c1ccc2c(Nc3ccc(-c4cccc5ccccc45)c4ccccc34)cccc2c1. The van der Waals surface area contributed by atoms with Crippen LogP contribution in [0.15, 0.2) is 121 Å². The molecule has 0 fully saturated rings. The quantitative estimate of drug-likeness (QED) is 0.316. The summed E-state index contributed by atoms with van der Waals surface area (Å²) >= 11 is 0. The van der Waals surface area contributed by atoms with Gasteiger partial charge in [0.25, 0.3) is 0 Å². The van der Waals surface area contributed by atoms with Crippen LogP contribution >= 0.6 is 0 Å². The Hall–Kier alpha value is -4.10. The van der Waals surface area contributed by atoms with Gasteiger partial charge >= 0.3 is 0 Å². The molecular weight excluding hydrogens is 374 g/mol. The molecule has 0 aliphatic rings. The lowest BCUT2D eigenvalue weighted by Gasteiger charge is -2.16. The maximum atomic E-state index is 3.71. The van der Waals surface area contributed by atoms with Gasteiger partial charge in [0.05, 0.1) is 0 Å². The van der Waals surface area contributed by atoms with Crippen molar-refractivity contribution in [2.75, 3.05) is 5.32 Å². The molecule has 146 valence electrons. The summed E-state index contributed by atoms with van der Waals surface area (Å²) in [5.41, 5.74) is 4.78. The predicted octanol–water partition coefficient (Wildman–Crippen LogP) is 8.56. The highest BCUT2D eigenvalue weighted by atomic mass is 14.9. The van der Waals surface area contributed by atoms with Gasteiger partial charge in [0, 0.05) is 22.1 Å². The molecule has 0 atom stereocenters. The molecule has 0 radical (unpaired) electrons. The van der Waals surface area contributed by atoms with Crippen LogP contribution in [0.25, 0.3) is 43.4 Å². The molecule has 0 bridgehead atoms. The van der Waals surface area contributed by atoms with Crippen LogP contribution < -0.4 is 5.32 Å². The molecule has 0 aliphatic heterocycles. The summed E-state index contributed by atoms with van der Waals surface area (Å²) in [5, 5.41) is 11.2. The van der Waals surface area contributed by atoms with Gasteiger partial charge in [-0.25, -0.2) is 0 Å². The Bertz CT molecular complexity index is 1550. The summed E-state index contributed by atoms with van der Waals surface area (Å²) < 4.78 is 0. The molecule has 0 heterocycles. The number of hydrogen-bond acceptors (Lipinski definition) is 1. The molecule has 6 aromatic carbocycles. The summed E-state index contributed by atoms with van der Waals surface area (Å²) in [5.74, 6) is 0. The van der Waals surface area contributed by atoms with Gasteiger partial charge in [-0.2, -0.15) is 0 Å². The highest BCUT2D eigenvalue weighted by molar-refractivity contribution is 6.10. The van der Waals surface area contributed by atoms with Crippen LogP contribution in [0.4, 0.5) is 11.4 Å². The fraction of sp³-hybridized carbons (Fsp3) is 0. The van der Waals surface area contributed by atoms with Gasteiger partial charge in [-0.05, 0) is 44.8 Å². The summed E-state index contributed by atoms with van der Waals surface area (Å²) in [6, 6.07) is 43.2. The van der Waals surface area contributed by atoms with E-state index < -0.39 is 0 Å². The number of nitrogens with one attached hydrogen (secondary N) is 1. The lowest BCUT2D eigenvalue weighted by Crippen LogP contribution is -1.94. The molecule has 6 rings (SSSR count). The Morgan fingerprint density at radius 2 is 0.839 bits per heavy atom. The lowest BCUT2D eigenvalue weighted by atomic mass is 9.93. The van der Waals surface area contributed by atoms with Crippen LogP contribution in [0, 0.1) is 0 Å². The van der Waals surface area contributed by atoms with Gasteiger partial charge in [0.15, 0.2) is 0 Å². The van der Waals surface area contributed by atoms with E-state index in [0.717, 1.165) is 11.4 Å². The molecule has 1 nitrogen and oxygen atoms in total. The van der Waals surface area contributed by atoms with Crippen LogP contribution in [0.1, 0.15) is 0 Å². The summed E-state index contributed by atoms with van der Waals surface area (Å²) in [6.07, 6.45) is 0. The second kappa shape index (κ2) is 7.30. The molecule has 6 aromatic rings. The van der Waals surface area contributed by atoms with Gasteiger partial charge in [-0.15, -0.1) is 0 Å². The normalized spacial score (nSPS) is 11.2. The molecule has 0 aromatic heterocycles. The Morgan fingerprint density at radius 3 is 1.65 bits per heavy atom. The highest BCUT2D eigenvalue weighted by Crippen LogP contribution is 2.38. The fourth-order valence-corrected chi connectivity index (χ4v) is 4.58. The number of fused-ring (bicyclic) bond motifs is 3. The summed E-state index contributed by atoms with van der Waals surface area (Å²) in [6.45, 7) is 0. The van der Waals surface area contributed by atoms with Crippen molar-refractivity contribution in [2.45, 2.75) is 0 Å². The average Bonchev–Trinajstić information content (AvgIpc) is 2.84. The standard InChI is InChI=1S/C30H21N/c1-3-13-23-21(9-1)11-7-17-25(23)27-19-20-30(28-16-6-5-15-26(27)28)31-29-18-8-12-22-10-2-4-14-24(22)29/h1-20,31H. The van der Waals surface area contributed by atoms with Crippen LogP contribution in [0.2, 0.25) is 0 Å². The van der Waals surface area contributed by atoms with E-state index in [-0.39, 0.29) is 0 Å². The molecule has 1 heteroatoms. The molecular formula is C30H21N. The van der Waals surface area contributed by atoms with Crippen molar-refractivity contribution in [3.63, 3.8) is 0 Å². The van der Waals surface area contributed by atoms with Crippen molar-refractivity contribution in [3.8, 4) is 11.1 Å². The predicted molar refractivity (Wildman–Crippen MR) is 134 cm³/mol. The van der Waals surface area contributed by atoms with E-state index in [9.17, 15) is 0 Å². The Morgan fingerprint density at radius 1 is 0.323 bits per heavy atom. The summed E-state index contributed by atoms with van der Waals surface area (Å²) in [4.78, 5) is 0. The maximum absolute atomic E-state index is 3.71. The Kier molecular flexibility index (Phi) is 4.18. The number of anilines is 2. The Balaban J connectivity index is 1.54. The van der Waals surface area contributed by atoms with Crippen LogP contribution in [0.5, 0.6) is 0 Å². The number of rotatable bonds is 3. The fourth-order valence-electron chi connectivity index (χ4n) is 4.58. The smallest absolute Gasteiger partial charge is 0.0464 e. The Labute approximate surface area is 181 Å². The van der Waals surface area contributed by atoms with Crippen molar-refractivity contribution in [3.05, 3.63) is 121 Å². The average molecular weight is 396 g/mol. The van der Waals surface area contributed by atoms with E-state index in [2.05, 4.69) is 127 Å². The van der Waals surface area contributed by atoms with E-state index in [1.165, 1.54) is 43.4 Å². The molecule has 0 spiro atoms. The van der Waals surface area contributed by atoms with Gasteiger partial charge in [0.2, 0.25) is 0 Å². The van der Waals surface area contributed by atoms with Crippen molar-refractivity contribution >= 4 is 43.7 Å². The van der Waals surface area contributed by atoms with Crippen LogP contribution in [-0.2, 0) is 0 Å². The molecule has 1 N–H and O–H groups in total. The van der Waals surface area contributed by atoms with E-state index in [0.29, 0.717) is 0 Å². The zero-order valence-corrected chi connectivity index (χ0v) is 17.0. The van der Waals surface area contributed by atoms with Gasteiger partial charge in [-0.1, -0.05) is 109 Å². The minimum absolute atomic E-state index is 1.12. The van der Waals surface area contributed by atoms with Gasteiger partial charge in [0.1, 0.15) is 0 Å². The van der Waals surface area contributed by atoms with Crippen molar-refractivity contribution in [1.29, 1.82) is 0 Å². The molecule has 0 saturated heterocycles. The third-order valence-electron chi connectivity index (χ3n) is 6.06. The van der Waals surface area contributed by atoms with Crippen molar-refractivity contribution in [1.82, 2.24) is 0 Å². The first-order valence-electron chi connectivity index (χ1n) is 10.6. The zero-order valence-electron chi connectivity index (χ0n) is 17.0. The second-order valence-corrected chi connectivity index (χ2v) is 7.88. The topological polar surface area (TPSA) is 12.0 Å². The van der Waals surface area contributed by atoms with Crippen LogP contribution in [-0.4, -0.2) is 0 Å². The van der Waals surface area contributed by atoms with E-state index in [1.807, 2.05) is 0 Å². The maximum Gasteiger partial charge on any atom is 0.0464 e. The van der Waals surface area contributed by atoms with Gasteiger partial charge in [-0.3, -0.25) is 0 Å². The number of benzene rings is 6. The molecule has 0 unspecified atom stereocenters. The third kappa shape index (κ3) is 3.03. The lowest BCUT2D eigenvalue weighted by molar-refractivity contribution is 1.60. The molecule has 0 saturated carbocycles. The minimum Gasteiger partial charge on any atom is -0.355 e. The third-order valence-corrected chi connectivity index (χ3v) is 6.06. The van der Waals surface area contributed by atoms with Crippen LogP contribution in [0.3, 0.4) is 0 Å². The molecule has 31 heavy (non-hydrogen) atoms. The minimum atomic E-state index is 1.12. The van der Waals surface area contributed by atoms with E-state index in [1.54, 1.807) is 0 Å². The van der Waals surface area contributed by atoms with Crippen molar-refractivity contribution < 1.29 is 0 Å². The largest absolute Gasteiger partial charge is 0.355 e. The second-order valence-electron chi connectivity index (χ2n) is 7.88. The zero-order chi connectivity index (χ0) is 20.6. The van der Waals surface area contributed by atoms with Crippen molar-refractivity contribution in [2.24, 2.45) is 0 Å². The van der Waals surface area contributed by atoms with E-state index >= 15 is 0 Å². The number of hydrogen-bond donors (Lipinski definition) is 1. The first-order valence-corrected chi connectivity index (χ1v) is 10.6. The van der Waals surface area contributed by atoms with E-state index in [4.69, 9.17) is 0 Å². The summed E-state index contributed by atoms with van der Waals surface area (Å²) in [7, 11) is 0. The molecule has 0 amide bonds. The van der Waals surface area contributed by atoms with Gasteiger partial charge < -0.3 is 5.32 Å². The highest BCUT2D eigenvalue weighted by Gasteiger charge is 2.11. The first-order chi connectivity index (χ1) is 15.4. The first kappa shape index (κ1) is 17.7. The monoisotopic (exact) mass is 395 g/mol. The molecule has 0 aliphatic carbocycles.